The van der Waals surface area contributed by atoms with E-state index in [0.29, 0.717) is 13.0 Å². The van der Waals surface area contributed by atoms with E-state index in [9.17, 15) is 4.79 Å². The molecule has 16 heavy (non-hydrogen) atoms. The molecule has 86 valence electrons. The first-order valence-electron chi connectivity index (χ1n) is 5.11. The van der Waals surface area contributed by atoms with E-state index >= 15 is 0 Å². The van der Waals surface area contributed by atoms with Crippen molar-refractivity contribution in [1.29, 1.82) is 0 Å². The number of hydrogen-bond donors (Lipinski definition) is 1. The summed E-state index contributed by atoms with van der Waals surface area (Å²) in [6.45, 7) is 3.09. The Morgan fingerprint density at radius 3 is 2.88 bits per heavy atom. The van der Waals surface area contributed by atoms with Gasteiger partial charge >= 0.3 is 5.97 Å². The van der Waals surface area contributed by atoms with E-state index in [4.69, 9.17) is 5.11 Å². The van der Waals surface area contributed by atoms with Gasteiger partial charge in [-0.25, -0.2) is 4.98 Å². The van der Waals surface area contributed by atoms with Crippen molar-refractivity contribution < 1.29 is 9.90 Å². The van der Waals surface area contributed by atoms with Crippen LogP contribution in [0.1, 0.15) is 13.3 Å². The summed E-state index contributed by atoms with van der Waals surface area (Å²) in [6, 6.07) is 3.93. The van der Waals surface area contributed by atoms with Gasteiger partial charge in [-0.05, 0) is 48.1 Å². The normalized spacial score (nSPS) is 24.8. The first-order chi connectivity index (χ1) is 7.51. The van der Waals surface area contributed by atoms with Crippen LogP contribution < -0.4 is 4.90 Å². The van der Waals surface area contributed by atoms with Crippen LogP contribution in [-0.2, 0) is 4.79 Å². The molecule has 1 aromatic heterocycles. The highest BCUT2D eigenvalue weighted by Gasteiger charge is 2.40. The zero-order chi connectivity index (χ0) is 11.8. The van der Waals surface area contributed by atoms with E-state index in [2.05, 4.69) is 27.6 Å². The molecule has 0 bridgehead atoms. The standard InChI is InChI=1S/C11H13IN2O2/c1-11(10(15)16)4-5-14(7-11)9-3-2-8(12)6-13-9/h2-3,6H,4-5,7H2,1H3,(H,15,16). The molecule has 1 atom stereocenters. The van der Waals surface area contributed by atoms with Gasteiger partial charge in [0.2, 0.25) is 0 Å². The lowest BCUT2D eigenvalue weighted by molar-refractivity contribution is -0.146. The Morgan fingerprint density at radius 1 is 1.62 bits per heavy atom. The Balaban J connectivity index is 2.15. The summed E-state index contributed by atoms with van der Waals surface area (Å²) in [4.78, 5) is 17.4. The van der Waals surface area contributed by atoms with Crippen molar-refractivity contribution in [1.82, 2.24) is 4.98 Å². The van der Waals surface area contributed by atoms with E-state index in [-0.39, 0.29) is 0 Å². The van der Waals surface area contributed by atoms with E-state index in [1.54, 1.807) is 13.1 Å². The number of rotatable bonds is 2. The van der Waals surface area contributed by atoms with Crippen molar-refractivity contribution in [3.8, 4) is 0 Å². The molecule has 2 heterocycles. The molecule has 0 saturated carbocycles. The van der Waals surface area contributed by atoms with Crippen molar-refractivity contribution >= 4 is 34.4 Å². The Morgan fingerprint density at radius 2 is 2.38 bits per heavy atom. The van der Waals surface area contributed by atoms with Crippen molar-refractivity contribution in [3.63, 3.8) is 0 Å². The van der Waals surface area contributed by atoms with E-state index < -0.39 is 11.4 Å². The van der Waals surface area contributed by atoms with Gasteiger partial charge in [-0.3, -0.25) is 4.79 Å². The van der Waals surface area contributed by atoms with Gasteiger partial charge in [-0.1, -0.05) is 0 Å². The minimum Gasteiger partial charge on any atom is -0.481 e. The monoisotopic (exact) mass is 332 g/mol. The summed E-state index contributed by atoms with van der Waals surface area (Å²) >= 11 is 2.20. The smallest absolute Gasteiger partial charge is 0.311 e. The predicted molar refractivity (Wildman–Crippen MR) is 69.5 cm³/mol. The summed E-state index contributed by atoms with van der Waals surface area (Å²) in [5.74, 6) is 0.144. The van der Waals surface area contributed by atoms with Gasteiger partial charge in [0.15, 0.2) is 0 Å². The third-order valence-electron chi connectivity index (χ3n) is 3.03. The average Bonchev–Trinajstić information content (AvgIpc) is 2.63. The summed E-state index contributed by atoms with van der Waals surface area (Å²) in [5.41, 5.74) is -0.634. The van der Waals surface area contributed by atoms with E-state index in [1.165, 1.54) is 0 Å². The minimum absolute atomic E-state index is 0.538. The van der Waals surface area contributed by atoms with Crippen molar-refractivity contribution in [2.45, 2.75) is 13.3 Å². The Hall–Kier alpha value is -0.850. The van der Waals surface area contributed by atoms with Crippen molar-refractivity contribution in [2.75, 3.05) is 18.0 Å². The number of halogens is 1. The van der Waals surface area contributed by atoms with Gasteiger partial charge in [-0.15, -0.1) is 0 Å². The largest absolute Gasteiger partial charge is 0.481 e. The molecule has 0 radical (unpaired) electrons. The second-order valence-electron chi connectivity index (χ2n) is 4.37. The number of anilines is 1. The molecular formula is C11H13IN2O2. The Labute approximate surface area is 108 Å². The van der Waals surface area contributed by atoms with E-state index in [0.717, 1.165) is 15.9 Å². The van der Waals surface area contributed by atoms with Gasteiger partial charge < -0.3 is 10.0 Å². The number of hydrogen-bond acceptors (Lipinski definition) is 3. The van der Waals surface area contributed by atoms with Crippen LogP contribution in [0.2, 0.25) is 0 Å². The van der Waals surface area contributed by atoms with Crippen LogP contribution in [0, 0.1) is 8.99 Å². The van der Waals surface area contributed by atoms with Crippen LogP contribution >= 0.6 is 22.6 Å². The minimum atomic E-state index is -0.722. The third-order valence-corrected chi connectivity index (χ3v) is 3.66. The van der Waals surface area contributed by atoms with Gasteiger partial charge in [0.25, 0.3) is 0 Å². The molecular weight excluding hydrogens is 319 g/mol. The van der Waals surface area contributed by atoms with E-state index in [1.807, 2.05) is 17.0 Å². The number of carboxylic acids is 1. The van der Waals surface area contributed by atoms with Gasteiger partial charge in [0, 0.05) is 22.9 Å². The molecule has 5 heteroatoms. The molecule has 1 unspecified atom stereocenters. The summed E-state index contributed by atoms with van der Waals surface area (Å²) in [5, 5.41) is 9.13. The fourth-order valence-electron chi connectivity index (χ4n) is 1.89. The highest BCUT2D eigenvalue weighted by atomic mass is 127. The zero-order valence-corrected chi connectivity index (χ0v) is 11.1. The molecule has 2 rings (SSSR count). The van der Waals surface area contributed by atoms with Crippen molar-refractivity contribution in [2.24, 2.45) is 5.41 Å². The van der Waals surface area contributed by atoms with Crippen LogP contribution in [0.5, 0.6) is 0 Å². The number of aliphatic carboxylic acids is 1. The molecule has 4 nitrogen and oxygen atoms in total. The summed E-state index contributed by atoms with van der Waals surface area (Å²) in [6.07, 6.45) is 2.47. The highest BCUT2D eigenvalue weighted by Crippen LogP contribution is 2.32. The Bertz CT molecular complexity index is 407. The SMILES string of the molecule is CC1(C(=O)O)CCN(c2ccc(I)cn2)C1. The van der Waals surface area contributed by atoms with Crippen LogP contribution in [0.25, 0.3) is 0 Å². The Kier molecular flexibility index (Phi) is 3.05. The average molecular weight is 332 g/mol. The molecule has 1 saturated heterocycles. The molecule has 1 aliphatic rings. The molecule has 1 aliphatic heterocycles. The topological polar surface area (TPSA) is 53.4 Å². The lowest BCUT2D eigenvalue weighted by Gasteiger charge is -2.20. The number of pyridine rings is 1. The molecule has 1 fully saturated rings. The fourth-order valence-corrected chi connectivity index (χ4v) is 2.21. The maximum atomic E-state index is 11.1. The predicted octanol–water partition coefficient (Wildman–Crippen LogP) is 1.99. The maximum absolute atomic E-state index is 11.1. The molecule has 1 aromatic rings. The molecule has 0 spiro atoms. The van der Waals surface area contributed by atoms with Gasteiger partial charge in [-0.2, -0.15) is 0 Å². The van der Waals surface area contributed by atoms with Crippen LogP contribution in [0.3, 0.4) is 0 Å². The van der Waals surface area contributed by atoms with Crippen LogP contribution in [0.4, 0.5) is 5.82 Å². The number of nitrogens with zero attached hydrogens (tertiary/aromatic N) is 2. The second-order valence-corrected chi connectivity index (χ2v) is 5.62. The van der Waals surface area contributed by atoms with Gasteiger partial charge in [0.05, 0.1) is 5.41 Å². The molecule has 0 amide bonds. The molecule has 0 aliphatic carbocycles. The lowest BCUT2D eigenvalue weighted by Crippen LogP contribution is -2.31. The quantitative estimate of drug-likeness (QED) is 0.842. The summed E-state index contributed by atoms with van der Waals surface area (Å²) < 4.78 is 1.08. The first kappa shape index (κ1) is 11.6. The fraction of sp³-hybridized carbons (Fsp3) is 0.455. The van der Waals surface area contributed by atoms with Crippen LogP contribution in [-0.4, -0.2) is 29.1 Å². The number of carboxylic acid groups (broad SMARTS) is 1. The maximum Gasteiger partial charge on any atom is 0.311 e. The van der Waals surface area contributed by atoms with Crippen LogP contribution in [0.15, 0.2) is 18.3 Å². The molecule has 1 N–H and O–H groups in total. The third kappa shape index (κ3) is 2.14. The second kappa shape index (κ2) is 4.20. The number of aromatic nitrogens is 1. The zero-order valence-electron chi connectivity index (χ0n) is 8.98. The first-order valence-corrected chi connectivity index (χ1v) is 6.19. The summed E-state index contributed by atoms with van der Waals surface area (Å²) in [7, 11) is 0. The molecule has 0 aromatic carbocycles. The number of carbonyl (C=O) groups is 1. The highest BCUT2D eigenvalue weighted by molar-refractivity contribution is 14.1. The van der Waals surface area contributed by atoms with Gasteiger partial charge in [0.1, 0.15) is 5.82 Å². The van der Waals surface area contributed by atoms with Crippen molar-refractivity contribution in [3.05, 3.63) is 21.9 Å². The lowest BCUT2D eigenvalue weighted by atomic mass is 9.90.